The molecule has 1 aromatic carbocycles. The quantitative estimate of drug-likeness (QED) is 0.912. The Morgan fingerprint density at radius 2 is 1.88 bits per heavy atom. The number of ether oxygens (including phenoxy) is 1. The van der Waals surface area contributed by atoms with Crippen LogP contribution in [0, 0.1) is 0 Å². The van der Waals surface area contributed by atoms with E-state index in [-0.39, 0.29) is 24.5 Å². The number of hydrogen-bond donors (Lipinski definition) is 1. The summed E-state index contributed by atoms with van der Waals surface area (Å²) in [5.41, 5.74) is 1.27. The number of hydrogen-bond acceptors (Lipinski definition) is 4. The number of carboxylic acid groups (broad SMARTS) is 1. The third-order valence-electron chi connectivity index (χ3n) is 5.36. The van der Waals surface area contributed by atoms with Crippen molar-refractivity contribution in [1.29, 1.82) is 0 Å². The summed E-state index contributed by atoms with van der Waals surface area (Å²) in [5.74, 6) is -0.333. The van der Waals surface area contributed by atoms with Gasteiger partial charge in [-0.25, -0.2) is 4.79 Å². The van der Waals surface area contributed by atoms with Crippen molar-refractivity contribution < 1.29 is 23.8 Å². The second-order valence-electron chi connectivity index (χ2n) is 6.96. The summed E-state index contributed by atoms with van der Waals surface area (Å²) in [5, 5.41) is 9.81. The molecule has 0 radical (unpaired) electrons. The van der Waals surface area contributed by atoms with Gasteiger partial charge in [0.05, 0.1) is 6.26 Å². The summed E-state index contributed by atoms with van der Waals surface area (Å²) >= 11 is 0. The van der Waals surface area contributed by atoms with Crippen molar-refractivity contribution >= 4 is 11.9 Å². The molecule has 0 bridgehead atoms. The van der Waals surface area contributed by atoms with E-state index in [1.165, 1.54) is 17.4 Å². The summed E-state index contributed by atoms with van der Waals surface area (Å²) in [6.07, 6.45) is 5.15. The number of amides is 1. The Balaban J connectivity index is 1.48. The molecule has 4 rings (SSSR count). The molecule has 1 fully saturated rings. The third kappa shape index (κ3) is 2.96. The number of rotatable bonds is 4. The minimum atomic E-state index is -1.30. The Morgan fingerprint density at radius 1 is 1.12 bits per heavy atom. The van der Waals surface area contributed by atoms with Crippen molar-refractivity contribution in [3.05, 3.63) is 53.5 Å². The van der Waals surface area contributed by atoms with Gasteiger partial charge in [-0.3, -0.25) is 4.79 Å². The van der Waals surface area contributed by atoms with Crippen molar-refractivity contribution in [1.82, 2.24) is 4.90 Å². The minimum Gasteiger partial charge on any atom is -0.478 e. The van der Waals surface area contributed by atoms with E-state index in [4.69, 9.17) is 9.15 Å². The number of furan rings is 1. The number of fused-ring (bicyclic) bond motifs is 1. The van der Waals surface area contributed by atoms with Gasteiger partial charge < -0.3 is 19.2 Å². The highest BCUT2D eigenvalue weighted by Gasteiger charge is 2.45. The maximum absolute atomic E-state index is 12.4. The second kappa shape index (κ2) is 6.52. The fourth-order valence-electron chi connectivity index (χ4n) is 3.82. The van der Waals surface area contributed by atoms with E-state index in [1.807, 2.05) is 18.2 Å². The van der Waals surface area contributed by atoms with E-state index in [0.29, 0.717) is 18.8 Å². The topological polar surface area (TPSA) is 80.0 Å². The molecule has 0 spiro atoms. The van der Waals surface area contributed by atoms with E-state index >= 15 is 0 Å². The molecule has 1 amide bonds. The number of nitrogens with zero attached hydrogens (tertiary/aromatic N) is 1. The van der Waals surface area contributed by atoms with Crippen molar-refractivity contribution in [2.75, 3.05) is 13.1 Å². The van der Waals surface area contributed by atoms with E-state index < -0.39 is 11.6 Å². The standard InChI is InChI=1S/C20H21NO5/c22-18(17-5-2-12-25-17)21-10-8-20(9-11-21,19(23)24)26-16-7-6-14-3-1-4-15(14)13-16/h2,5-7,12-13H,1,3-4,8-11H2,(H,23,24). The maximum atomic E-state index is 12.4. The molecule has 1 N–H and O–H groups in total. The SMILES string of the molecule is O=C(c1ccco1)N1CCC(Oc2ccc3c(c2)CCC3)(C(=O)O)CC1. The van der Waals surface area contributed by atoms with E-state index in [1.54, 1.807) is 17.0 Å². The van der Waals surface area contributed by atoms with Gasteiger partial charge in [0.15, 0.2) is 5.76 Å². The van der Waals surface area contributed by atoms with Gasteiger partial charge in [0.25, 0.3) is 5.91 Å². The fraction of sp³-hybridized carbons (Fsp3) is 0.400. The number of aryl methyl sites for hydroxylation is 2. The predicted octanol–water partition coefficient (Wildman–Crippen LogP) is 2.91. The molecular formula is C20H21NO5. The van der Waals surface area contributed by atoms with Crippen molar-refractivity contribution in [3.63, 3.8) is 0 Å². The monoisotopic (exact) mass is 355 g/mol. The molecular weight excluding hydrogens is 334 g/mol. The molecule has 0 atom stereocenters. The predicted molar refractivity (Wildman–Crippen MR) is 93.3 cm³/mol. The van der Waals surface area contributed by atoms with Crippen LogP contribution in [0.1, 0.15) is 40.9 Å². The van der Waals surface area contributed by atoms with E-state index in [9.17, 15) is 14.7 Å². The summed E-state index contributed by atoms with van der Waals surface area (Å²) in [6.45, 7) is 0.632. The molecule has 136 valence electrons. The van der Waals surface area contributed by atoms with Crippen molar-refractivity contribution in [2.24, 2.45) is 0 Å². The Labute approximate surface area is 151 Å². The van der Waals surface area contributed by atoms with Gasteiger partial charge in [-0.15, -0.1) is 0 Å². The molecule has 1 aliphatic heterocycles. The van der Waals surface area contributed by atoms with Crippen LogP contribution < -0.4 is 4.74 Å². The molecule has 26 heavy (non-hydrogen) atoms. The van der Waals surface area contributed by atoms with Gasteiger partial charge in [-0.2, -0.15) is 0 Å². The van der Waals surface area contributed by atoms with E-state index in [2.05, 4.69) is 0 Å². The molecule has 2 aliphatic rings. The number of aliphatic carboxylic acids is 1. The first-order valence-electron chi connectivity index (χ1n) is 8.94. The number of carboxylic acids is 1. The molecule has 6 heteroatoms. The van der Waals surface area contributed by atoms with Crippen LogP contribution in [0.4, 0.5) is 0 Å². The molecule has 0 unspecified atom stereocenters. The summed E-state index contributed by atoms with van der Waals surface area (Å²) in [7, 11) is 0. The first kappa shape index (κ1) is 16.7. The van der Waals surface area contributed by atoms with Crippen LogP contribution in [-0.4, -0.2) is 40.6 Å². The Kier molecular flexibility index (Phi) is 4.18. The van der Waals surface area contributed by atoms with Crippen LogP contribution in [0.25, 0.3) is 0 Å². The first-order valence-corrected chi connectivity index (χ1v) is 8.94. The largest absolute Gasteiger partial charge is 0.478 e. The van der Waals surface area contributed by atoms with Gasteiger partial charge >= 0.3 is 5.97 Å². The van der Waals surface area contributed by atoms with Crippen LogP contribution in [0.5, 0.6) is 5.75 Å². The highest BCUT2D eigenvalue weighted by Crippen LogP contribution is 2.33. The summed E-state index contributed by atoms with van der Waals surface area (Å²) < 4.78 is 11.1. The Bertz CT molecular complexity index is 819. The van der Waals surface area contributed by atoms with Crippen LogP contribution in [0.3, 0.4) is 0 Å². The maximum Gasteiger partial charge on any atom is 0.348 e. The molecule has 0 saturated carbocycles. The number of piperidine rings is 1. The Hall–Kier alpha value is -2.76. The summed E-state index contributed by atoms with van der Waals surface area (Å²) in [4.78, 5) is 26.0. The molecule has 1 aromatic heterocycles. The zero-order chi connectivity index (χ0) is 18.1. The van der Waals surface area contributed by atoms with Gasteiger partial charge in [0.2, 0.25) is 5.60 Å². The number of likely N-dealkylation sites (tertiary alicyclic amines) is 1. The van der Waals surface area contributed by atoms with E-state index in [0.717, 1.165) is 19.3 Å². The van der Waals surface area contributed by atoms with Crippen LogP contribution in [-0.2, 0) is 17.6 Å². The lowest BCUT2D eigenvalue weighted by Gasteiger charge is -2.38. The van der Waals surface area contributed by atoms with Crippen LogP contribution in [0.2, 0.25) is 0 Å². The smallest absolute Gasteiger partial charge is 0.348 e. The fourth-order valence-corrected chi connectivity index (χ4v) is 3.82. The number of carbonyl (C=O) groups excluding carboxylic acids is 1. The van der Waals surface area contributed by atoms with Gasteiger partial charge in [0.1, 0.15) is 5.75 Å². The number of benzene rings is 1. The minimum absolute atomic E-state index is 0.216. The zero-order valence-electron chi connectivity index (χ0n) is 14.4. The lowest BCUT2D eigenvalue weighted by molar-refractivity contribution is -0.159. The normalized spacial score (nSPS) is 18.4. The van der Waals surface area contributed by atoms with Crippen molar-refractivity contribution in [3.8, 4) is 5.75 Å². The van der Waals surface area contributed by atoms with Crippen LogP contribution in [0.15, 0.2) is 41.0 Å². The average Bonchev–Trinajstić information content (AvgIpc) is 3.33. The average molecular weight is 355 g/mol. The zero-order valence-corrected chi connectivity index (χ0v) is 14.4. The van der Waals surface area contributed by atoms with Gasteiger partial charge in [-0.05, 0) is 54.7 Å². The number of carbonyl (C=O) groups is 2. The highest BCUT2D eigenvalue weighted by atomic mass is 16.5. The lowest BCUT2D eigenvalue weighted by Crippen LogP contribution is -2.54. The molecule has 2 aromatic rings. The lowest BCUT2D eigenvalue weighted by atomic mass is 9.90. The molecule has 6 nitrogen and oxygen atoms in total. The molecule has 1 saturated heterocycles. The van der Waals surface area contributed by atoms with Gasteiger partial charge in [-0.1, -0.05) is 6.07 Å². The molecule has 2 heterocycles. The first-order chi connectivity index (χ1) is 12.6. The van der Waals surface area contributed by atoms with Crippen LogP contribution >= 0.6 is 0 Å². The Morgan fingerprint density at radius 3 is 2.58 bits per heavy atom. The molecule has 1 aliphatic carbocycles. The third-order valence-corrected chi connectivity index (χ3v) is 5.36. The highest BCUT2D eigenvalue weighted by molar-refractivity contribution is 5.91. The summed E-state index contributed by atoms with van der Waals surface area (Å²) in [6, 6.07) is 9.13. The van der Waals surface area contributed by atoms with Crippen molar-refractivity contribution in [2.45, 2.75) is 37.7 Å². The second-order valence-corrected chi connectivity index (χ2v) is 6.96. The van der Waals surface area contributed by atoms with Gasteiger partial charge in [0, 0.05) is 25.9 Å².